The fraction of sp³-hybridized carbons (Fsp3) is 0.381. The number of rotatable bonds is 6. The Bertz CT molecular complexity index is 1010. The molecule has 0 saturated carbocycles. The number of carbonyl (C=O) groups is 1. The highest BCUT2D eigenvalue weighted by Crippen LogP contribution is 2.32. The summed E-state index contributed by atoms with van der Waals surface area (Å²) in [7, 11) is -1.64. The number of nitrogens with zero attached hydrogens (tertiary/aromatic N) is 2. The lowest BCUT2D eigenvalue weighted by atomic mass is 10.0. The van der Waals surface area contributed by atoms with E-state index in [9.17, 15) is 13.2 Å². The highest BCUT2D eigenvalue weighted by atomic mass is 35.5. The summed E-state index contributed by atoms with van der Waals surface area (Å²) in [4.78, 5) is 16.5. The Kier molecular flexibility index (Phi) is 5.90. The van der Waals surface area contributed by atoms with E-state index in [4.69, 9.17) is 21.1 Å². The second kappa shape index (κ2) is 8.45. The number of carbonyl (C=O) groups excluding carboxylic acids is 1. The number of anilines is 1. The number of hydrogen-bond donors (Lipinski definition) is 0. The Hall–Kier alpha value is -2.29. The van der Waals surface area contributed by atoms with Crippen molar-refractivity contribution in [3.8, 4) is 11.5 Å². The Morgan fingerprint density at radius 2 is 1.63 bits per heavy atom. The summed E-state index contributed by atoms with van der Waals surface area (Å²) >= 11 is 5.96. The number of benzene rings is 2. The summed E-state index contributed by atoms with van der Waals surface area (Å²) in [6.45, 7) is 0.956. The van der Waals surface area contributed by atoms with Crippen molar-refractivity contribution in [2.45, 2.75) is 12.1 Å². The van der Waals surface area contributed by atoms with E-state index in [1.54, 1.807) is 36.3 Å². The molecule has 2 aliphatic heterocycles. The molecular weight excluding hydrogens is 428 g/mol. The van der Waals surface area contributed by atoms with Crippen molar-refractivity contribution in [2.75, 3.05) is 43.2 Å². The molecule has 0 aliphatic carbocycles. The maximum absolute atomic E-state index is 12.9. The average molecular weight is 451 g/mol. The van der Waals surface area contributed by atoms with E-state index in [1.165, 1.54) is 0 Å². The van der Waals surface area contributed by atoms with Gasteiger partial charge in [-0.05, 0) is 48.5 Å². The standard InChI is InChI=1S/C21H23ClN2O5S/c1-28-17-6-8-18(9-7-17)29-11-10-23-12-21(25)24(16-4-2-15(22)3-5-16)20-14-30(26,27)13-19(20)23/h2-9,19-20H,10-14H2,1H3/t19-,20+/m0/s1. The van der Waals surface area contributed by atoms with Crippen LogP contribution in [0.5, 0.6) is 11.5 Å². The van der Waals surface area contributed by atoms with Crippen LogP contribution >= 0.6 is 11.6 Å². The molecule has 2 aliphatic rings. The molecule has 0 bridgehead atoms. The van der Waals surface area contributed by atoms with Crippen LogP contribution in [-0.4, -0.2) is 69.6 Å². The number of piperazine rings is 1. The van der Waals surface area contributed by atoms with E-state index in [-0.39, 0.29) is 30.0 Å². The third kappa shape index (κ3) is 4.40. The topological polar surface area (TPSA) is 76.2 Å². The van der Waals surface area contributed by atoms with Crippen LogP contribution < -0.4 is 14.4 Å². The van der Waals surface area contributed by atoms with Crippen molar-refractivity contribution in [3.63, 3.8) is 0 Å². The molecular formula is C21H23ClN2O5S. The van der Waals surface area contributed by atoms with Crippen molar-refractivity contribution in [3.05, 3.63) is 53.6 Å². The Labute approximate surface area is 181 Å². The lowest BCUT2D eigenvalue weighted by Gasteiger charge is -2.43. The molecule has 4 rings (SSSR count). The van der Waals surface area contributed by atoms with Crippen LogP contribution in [-0.2, 0) is 14.6 Å². The van der Waals surface area contributed by atoms with Crippen molar-refractivity contribution >= 4 is 33.0 Å². The number of ether oxygens (including phenoxy) is 2. The average Bonchev–Trinajstić information content (AvgIpc) is 3.04. The van der Waals surface area contributed by atoms with Gasteiger partial charge in [-0.3, -0.25) is 9.69 Å². The summed E-state index contributed by atoms with van der Waals surface area (Å²) in [5, 5.41) is 0.566. The van der Waals surface area contributed by atoms with Gasteiger partial charge < -0.3 is 14.4 Å². The number of fused-ring (bicyclic) bond motifs is 1. The van der Waals surface area contributed by atoms with Gasteiger partial charge in [0.1, 0.15) is 18.1 Å². The van der Waals surface area contributed by atoms with E-state index in [2.05, 4.69) is 0 Å². The second-order valence-corrected chi connectivity index (χ2v) is 10.0. The zero-order valence-electron chi connectivity index (χ0n) is 16.5. The Balaban J connectivity index is 1.47. The maximum atomic E-state index is 12.9. The molecule has 9 heteroatoms. The molecule has 0 radical (unpaired) electrons. The van der Waals surface area contributed by atoms with Gasteiger partial charge in [0.15, 0.2) is 9.84 Å². The van der Waals surface area contributed by atoms with Crippen molar-refractivity contribution < 1.29 is 22.7 Å². The zero-order chi connectivity index (χ0) is 21.3. The van der Waals surface area contributed by atoms with Gasteiger partial charge in [0, 0.05) is 23.3 Å². The summed E-state index contributed by atoms with van der Waals surface area (Å²) in [5.74, 6) is 1.31. The van der Waals surface area contributed by atoms with E-state index < -0.39 is 15.9 Å². The minimum atomic E-state index is -3.24. The van der Waals surface area contributed by atoms with Crippen molar-refractivity contribution in [1.82, 2.24) is 4.90 Å². The predicted octanol–water partition coefficient (Wildman–Crippen LogP) is 2.24. The minimum Gasteiger partial charge on any atom is -0.497 e. The van der Waals surface area contributed by atoms with Crippen LogP contribution in [0.4, 0.5) is 5.69 Å². The third-order valence-corrected chi connectivity index (χ3v) is 7.46. The van der Waals surface area contributed by atoms with Crippen LogP contribution in [0.3, 0.4) is 0 Å². The first kappa shape index (κ1) is 21.0. The highest BCUT2D eigenvalue weighted by molar-refractivity contribution is 7.91. The fourth-order valence-electron chi connectivity index (χ4n) is 4.09. The van der Waals surface area contributed by atoms with Crippen molar-refractivity contribution in [1.29, 1.82) is 0 Å². The first-order valence-electron chi connectivity index (χ1n) is 9.65. The van der Waals surface area contributed by atoms with E-state index in [0.717, 1.165) is 5.75 Å². The molecule has 2 aromatic carbocycles. The number of sulfone groups is 1. The molecule has 2 aromatic rings. The van der Waals surface area contributed by atoms with Gasteiger partial charge in [-0.1, -0.05) is 11.6 Å². The molecule has 7 nitrogen and oxygen atoms in total. The van der Waals surface area contributed by atoms with Crippen LogP contribution in [0.2, 0.25) is 5.02 Å². The molecule has 30 heavy (non-hydrogen) atoms. The van der Waals surface area contributed by atoms with Gasteiger partial charge in [-0.25, -0.2) is 8.42 Å². The summed E-state index contributed by atoms with van der Waals surface area (Å²) in [5.41, 5.74) is 0.672. The molecule has 2 saturated heterocycles. The minimum absolute atomic E-state index is 0.0393. The number of halogens is 1. The zero-order valence-corrected chi connectivity index (χ0v) is 18.1. The summed E-state index contributed by atoms with van der Waals surface area (Å²) < 4.78 is 35.7. The Morgan fingerprint density at radius 3 is 2.30 bits per heavy atom. The van der Waals surface area contributed by atoms with Crippen molar-refractivity contribution in [2.24, 2.45) is 0 Å². The second-order valence-electron chi connectivity index (χ2n) is 7.45. The first-order valence-corrected chi connectivity index (χ1v) is 11.9. The lowest BCUT2D eigenvalue weighted by Crippen LogP contribution is -2.62. The molecule has 0 spiro atoms. The quantitative estimate of drug-likeness (QED) is 0.671. The number of hydrogen-bond acceptors (Lipinski definition) is 6. The van der Waals surface area contributed by atoms with E-state index in [0.29, 0.717) is 29.6 Å². The molecule has 2 fully saturated rings. The maximum Gasteiger partial charge on any atom is 0.241 e. The van der Waals surface area contributed by atoms with E-state index >= 15 is 0 Å². The fourth-order valence-corrected chi connectivity index (χ4v) is 6.20. The van der Waals surface area contributed by atoms with Gasteiger partial charge in [0.25, 0.3) is 0 Å². The monoisotopic (exact) mass is 450 g/mol. The van der Waals surface area contributed by atoms with Crippen LogP contribution in [0.15, 0.2) is 48.5 Å². The first-order chi connectivity index (χ1) is 14.4. The van der Waals surface area contributed by atoms with Gasteiger partial charge in [0.2, 0.25) is 5.91 Å². The highest BCUT2D eigenvalue weighted by Gasteiger charge is 2.49. The van der Waals surface area contributed by atoms with Gasteiger partial charge in [0.05, 0.1) is 31.2 Å². The largest absolute Gasteiger partial charge is 0.497 e. The molecule has 0 N–H and O–H groups in total. The predicted molar refractivity (Wildman–Crippen MR) is 115 cm³/mol. The molecule has 2 atom stereocenters. The van der Waals surface area contributed by atoms with Gasteiger partial charge >= 0.3 is 0 Å². The smallest absolute Gasteiger partial charge is 0.241 e. The SMILES string of the molecule is COc1ccc(OCCN2CC(=O)N(c3ccc(Cl)cc3)[C@@H]3CS(=O)(=O)C[C@@H]32)cc1. The number of amides is 1. The molecule has 2 heterocycles. The lowest BCUT2D eigenvalue weighted by molar-refractivity contribution is -0.123. The number of methoxy groups -OCH3 is 1. The molecule has 0 aromatic heterocycles. The van der Waals surface area contributed by atoms with Gasteiger partial charge in [-0.2, -0.15) is 0 Å². The molecule has 1 amide bonds. The van der Waals surface area contributed by atoms with Gasteiger partial charge in [-0.15, -0.1) is 0 Å². The normalized spacial score (nSPS) is 23.3. The molecule has 160 valence electrons. The molecule has 0 unspecified atom stereocenters. The third-order valence-electron chi connectivity index (χ3n) is 5.51. The van der Waals surface area contributed by atoms with Crippen LogP contribution in [0, 0.1) is 0 Å². The van der Waals surface area contributed by atoms with Crippen LogP contribution in [0.25, 0.3) is 0 Å². The van der Waals surface area contributed by atoms with E-state index in [1.807, 2.05) is 29.2 Å². The van der Waals surface area contributed by atoms with Crippen LogP contribution in [0.1, 0.15) is 0 Å². The summed E-state index contributed by atoms with van der Waals surface area (Å²) in [6, 6.07) is 13.5. The Morgan fingerprint density at radius 1 is 1.00 bits per heavy atom. The summed E-state index contributed by atoms with van der Waals surface area (Å²) in [6.07, 6.45) is 0.